The number of methoxy groups -OCH3 is 2. The molecule has 2 aromatic rings. The van der Waals surface area contributed by atoms with Gasteiger partial charge in [-0.25, -0.2) is 0 Å². The summed E-state index contributed by atoms with van der Waals surface area (Å²) in [6, 6.07) is 9.97. The molecule has 0 radical (unpaired) electrons. The van der Waals surface area contributed by atoms with Gasteiger partial charge in [0.15, 0.2) is 11.5 Å². The number of fused-ring (bicyclic) bond motifs is 1. The van der Waals surface area contributed by atoms with Crippen LogP contribution in [0.1, 0.15) is 35.2 Å². The van der Waals surface area contributed by atoms with Crippen LogP contribution in [0.4, 0.5) is 0 Å². The Hall–Kier alpha value is -2.69. The van der Waals surface area contributed by atoms with Crippen molar-refractivity contribution < 1.29 is 19.0 Å². The monoisotopic (exact) mass is 369 g/mol. The van der Waals surface area contributed by atoms with Gasteiger partial charge >= 0.3 is 0 Å². The van der Waals surface area contributed by atoms with Crippen LogP contribution < -0.4 is 14.2 Å². The first-order chi connectivity index (χ1) is 12.9. The van der Waals surface area contributed by atoms with Crippen LogP contribution in [-0.4, -0.2) is 38.2 Å². The molecule has 0 fully saturated rings. The van der Waals surface area contributed by atoms with Crippen LogP contribution in [0.2, 0.25) is 0 Å². The zero-order chi connectivity index (χ0) is 19.6. The molecule has 1 amide bonds. The SMILES string of the molecule is COc1cc2c(cc1OC)[C@H](COc1cc(C)cc(C)c1)N(C(C)=O)CC2. The first kappa shape index (κ1) is 19.1. The lowest BCUT2D eigenvalue weighted by Gasteiger charge is -2.37. The third kappa shape index (κ3) is 4.02. The van der Waals surface area contributed by atoms with Gasteiger partial charge in [0.05, 0.1) is 20.3 Å². The summed E-state index contributed by atoms with van der Waals surface area (Å²) in [6.07, 6.45) is 0.787. The van der Waals surface area contributed by atoms with Crippen molar-refractivity contribution >= 4 is 5.91 Å². The van der Waals surface area contributed by atoms with E-state index < -0.39 is 0 Å². The zero-order valence-electron chi connectivity index (χ0n) is 16.7. The number of benzene rings is 2. The highest BCUT2D eigenvalue weighted by Gasteiger charge is 2.31. The number of carbonyl (C=O) groups excluding carboxylic acids is 1. The fraction of sp³-hybridized carbons (Fsp3) is 0.409. The van der Waals surface area contributed by atoms with E-state index in [0.29, 0.717) is 24.7 Å². The molecule has 1 aliphatic heterocycles. The van der Waals surface area contributed by atoms with E-state index in [2.05, 4.69) is 19.9 Å². The van der Waals surface area contributed by atoms with Gasteiger partial charge in [0.2, 0.25) is 5.91 Å². The van der Waals surface area contributed by atoms with Gasteiger partial charge in [-0.1, -0.05) is 6.07 Å². The molecule has 0 saturated heterocycles. The average molecular weight is 369 g/mol. The van der Waals surface area contributed by atoms with Crippen molar-refractivity contribution in [3.05, 3.63) is 52.6 Å². The number of hydrogen-bond donors (Lipinski definition) is 0. The summed E-state index contributed by atoms with van der Waals surface area (Å²) in [4.78, 5) is 14.1. The maximum Gasteiger partial charge on any atom is 0.220 e. The maximum atomic E-state index is 12.2. The van der Waals surface area contributed by atoms with Crippen LogP contribution in [0.3, 0.4) is 0 Å². The molecule has 0 aliphatic carbocycles. The van der Waals surface area contributed by atoms with Crippen molar-refractivity contribution in [1.29, 1.82) is 0 Å². The van der Waals surface area contributed by atoms with Crippen molar-refractivity contribution in [2.24, 2.45) is 0 Å². The van der Waals surface area contributed by atoms with E-state index in [4.69, 9.17) is 14.2 Å². The van der Waals surface area contributed by atoms with Gasteiger partial charge in [-0.15, -0.1) is 0 Å². The van der Waals surface area contributed by atoms with E-state index in [9.17, 15) is 4.79 Å². The number of rotatable bonds is 5. The standard InChI is InChI=1S/C22H27NO4/c1-14-8-15(2)10-18(9-14)27-13-20-19-12-22(26-5)21(25-4)11-17(19)6-7-23(20)16(3)24/h8-12,20H,6-7,13H2,1-5H3/t20-/m0/s1. The van der Waals surface area contributed by atoms with Gasteiger partial charge < -0.3 is 19.1 Å². The number of hydrogen-bond acceptors (Lipinski definition) is 4. The molecule has 0 unspecified atom stereocenters. The summed E-state index contributed by atoms with van der Waals surface area (Å²) in [5.74, 6) is 2.24. The Labute approximate surface area is 160 Å². The number of nitrogens with zero attached hydrogens (tertiary/aromatic N) is 1. The van der Waals surface area contributed by atoms with Gasteiger partial charge in [0, 0.05) is 13.5 Å². The Morgan fingerprint density at radius 2 is 1.67 bits per heavy atom. The summed E-state index contributed by atoms with van der Waals surface area (Å²) in [5, 5.41) is 0. The molecule has 3 rings (SSSR count). The Morgan fingerprint density at radius 1 is 1.04 bits per heavy atom. The van der Waals surface area contributed by atoms with Gasteiger partial charge in [0.25, 0.3) is 0 Å². The minimum atomic E-state index is -0.160. The van der Waals surface area contributed by atoms with Crippen molar-refractivity contribution in [3.8, 4) is 17.2 Å². The van der Waals surface area contributed by atoms with Crippen LogP contribution in [0, 0.1) is 13.8 Å². The number of carbonyl (C=O) groups is 1. The molecule has 0 saturated carbocycles. The van der Waals surface area contributed by atoms with E-state index >= 15 is 0 Å². The molecule has 5 heteroatoms. The van der Waals surface area contributed by atoms with Crippen molar-refractivity contribution in [3.63, 3.8) is 0 Å². The Bertz CT molecular complexity index is 826. The van der Waals surface area contributed by atoms with E-state index in [-0.39, 0.29) is 11.9 Å². The molecule has 1 aliphatic rings. The van der Waals surface area contributed by atoms with Crippen LogP contribution in [0.25, 0.3) is 0 Å². The van der Waals surface area contributed by atoms with Crippen LogP contribution in [-0.2, 0) is 11.2 Å². The number of ether oxygens (including phenoxy) is 3. The fourth-order valence-corrected chi connectivity index (χ4v) is 3.78. The van der Waals surface area contributed by atoms with E-state index in [1.54, 1.807) is 21.1 Å². The summed E-state index contributed by atoms with van der Waals surface area (Å²) in [7, 11) is 3.26. The number of amides is 1. The fourth-order valence-electron chi connectivity index (χ4n) is 3.78. The largest absolute Gasteiger partial charge is 0.493 e. The third-order valence-electron chi connectivity index (χ3n) is 5.01. The highest BCUT2D eigenvalue weighted by molar-refractivity contribution is 5.74. The molecule has 2 aromatic carbocycles. The Balaban J connectivity index is 1.94. The van der Waals surface area contributed by atoms with E-state index in [1.165, 1.54) is 5.56 Å². The molecule has 0 bridgehead atoms. The summed E-state index contributed by atoms with van der Waals surface area (Å²) < 4.78 is 17.0. The minimum Gasteiger partial charge on any atom is -0.493 e. The molecule has 0 spiro atoms. The molecular weight excluding hydrogens is 342 g/mol. The first-order valence-electron chi connectivity index (χ1n) is 9.16. The van der Waals surface area contributed by atoms with E-state index in [1.807, 2.05) is 29.2 Å². The lowest BCUT2D eigenvalue weighted by atomic mass is 9.92. The lowest BCUT2D eigenvalue weighted by Crippen LogP contribution is -2.41. The molecule has 5 nitrogen and oxygen atoms in total. The second-order valence-electron chi connectivity index (χ2n) is 7.02. The average Bonchev–Trinajstić information content (AvgIpc) is 2.63. The van der Waals surface area contributed by atoms with Gasteiger partial charge in [-0.05, 0) is 66.8 Å². The second-order valence-corrected chi connectivity index (χ2v) is 7.02. The van der Waals surface area contributed by atoms with E-state index in [0.717, 1.165) is 28.9 Å². The van der Waals surface area contributed by atoms with Crippen LogP contribution in [0.15, 0.2) is 30.3 Å². The molecule has 1 atom stereocenters. The predicted octanol–water partition coefficient (Wildman–Crippen LogP) is 3.85. The van der Waals surface area contributed by atoms with Gasteiger partial charge in [0.1, 0.15) is 12.4 Å². The van der Waals surface area contributed by atoms with Gasteiger partial charge in [-0.3, -0.25) is 4.79 Å². The van der Waals surface area contributed by atoms with Gasteiger partial charge in [-0.2, -0.15) is 0 Å². The second kappa shape index (κ2) is 7.91. The highest BCUT2D eigenvalue weighted by Crippen LogP contribution is 2.38. The van der Waals surface area contributed by atoms with Crippen molar-refractivity contribution in [2.45, 2.75) is 33.2 Å². The maximum absolute atomic E-state index is 12.2. The smallest absolute Gasteiger partial charge is 0.220 e. The molecule has 0 N–H and O–H groups in total. The lowest BCUT2D eigenvalue weighted by molar-refractivity contribution is -0.132. The molecule has 27 heavy (non-hydrogen) atoms. The van der Waals surface area contributed by atoms with Crippen LogP contribution in [0.5, 0.6) is 17.2 Å². The minimum absolute atomic E-state index is 0.0458. The molecule has 0 aromatic heterocycles. The zero-order valence-corrected chi connectivity index (χ0v) is 16.7. The van der Waals surface area contributed by atoms with Crippen molar-refractivity contribution in [1.82, 2.24) is 4.90 Å². The summed E-state index contributed by atoms with van der Waals surface area (Å²) in [5.41, 5.74) is 4.53. The van der Waals surface area contributed by atoms with Crippen molar-refractivity contribution in [2.75, 3.05) is 27.4 Å². The Morgan fingerprint density at radius 3 is 2.26 bits per heavy atom. The third-order valence-corrected chi connectivity index (χ3v) is 5.01. The Kier molecular flexibility index (Phi) is 5.59. The highest BCUT2D eigenvalue weighted by atomic mass is 16.5. The number of aryl methyl sites for hydroxylation is 2. The normalized spacial score (nSPS) is 15.9. The molecule has 144 valence electrons. The topological polar surface area (TPSA) is 48.0 Å². The summed E-state index contributed by atoms with van der Waals surface area (Å²) in [6.45, 7) is 6.77. The summed E-state index contributed by atoms with van der Waals surface area (Å²) >= 11 is 0. The molecule has 1 heterocycles. The molecular formula is C22H27NO4. The quantitative estimate of drug-likeness (QED) is 0.803. The first-order valence-corrected chi connectivity index (χ1v) is 9.16. The van der Waals surface area contributed by atoms with Crippen LogP contribution >= 0.6 is 0 Å². The predicted molar refractivity (Wildman–Crippen MR) is 105 cm³/mol.